The maximum atomic E-state index is 11.5. The lowest BCUT2D eigenvalue weighted by Crippen LogP contribution is -2.00. The molecule has 0 aliphatic heterocycles. The zero-order valence-electron chi connectivity index (χ0n) is 11.5. The summed E-state index contributed by atoms with van der Waals surface area (Å²) in [7, 11) is 0. The van der Waals surface area contributed by atoms with Crippen molar-refractivity contribution >= 4 is 27.5 Å². The molecule has 0 aliphatic rings. The molecule has 0 atom stereocenters. The van der Waals surface area contributed by atoms with E-state index in [1.54, 1.807) is 12.1 Å². The normalized spacial score (nSPS) is 10.9. The fourth-order valence-corrected chi connectivity index (χ4v) is 2.47. The summed E-state index contributed by atoms with van der Waals surface area (Å²) in [6, 6.07) is 14.7. The SMILES string of the molecule is CCOOc1cccc2c1cc(C(=O)O)c1ccccc12. The third-order valence-electron chi connectivity index (χ3n) is 3.36. The van der Waals surface area contributed by atoms with Gasteiger partial charge >= 0.3 is 5.97 Å². The van der Waals surface area contributed by atoms with Gasteiger partial charge in [-0.25, -0.2) is 4.79 Å². The minimum absolute atomic E-state index is 0.255. The Bertz CT molecular complexity index is 823. The van der Waals surface area contributed by atoms with Crippen LogP contribution < -0.4 is 4.89 Å². The van der Waals surface area contributed by atoms with Crippen molar-refractivity contribution in [2.24, 2.45) is 0 Å². The van der Waals surface area contributed by atoms with Crippen LogP contribution in [0.4, 0.5) is 0 Å². The smallest absolute Gasteiger partial charge is 0.336 e. The minimum Gasteiger partial charge on any atom is -0.478 e. The molecule has 1 N–H and O–H groups in total. The van der Waals surface area contributed by atoms with E-state index in [0.717, 1.165) is 16.2 Å². The number of fused-ring (bicyclic) bond motifs is 3. The van der Waals surface area contributed by atoms with E-state index in [0.29, 0.717) is 17.7 Å². The Morgan fingerprint density at radius 2 is 1.67 bits per heavy atom. The van der Waals surface area contributed by atoms with E-state index in [4.69, 9.17) is 9.78 Å². The summed E-state index contributed by atoms with van der Waals surface area (Å²) in [5, 5.41) is 12.7. The van der Waals surface area contributed by atoms with Gasteiger partial charge in [-0.2, -0.15) is 4.89 Å². The number of benzene rings is 3. The number of aromatic carboxylic acids is 1. The zero-order chi connectivity index (χ0) is 14.8. The number of carbonyl (C=O) groups is 1. The molecule has 0 aromatic heterocycles. The van der Waals surface area contributed by atoms with Crippen LogP contribution in [-0.2, 0) is 4.89 Å². The molecule has 0 saturated carbocycles. The molecule has 0 amide bonds. The maximum absolute atomic E-state index is 11.5. The highest BCUT2D eigenvalue weighted by Gasteiger charge is 2.14. The number of carboxylic acid groups (broad SMARTS) is 1. The minimum atomic E-state index is -0.959. The van der Waals surface area contributed by atoms with Gasteiger partial charge in [0.05, 0.1) is 12.2 Å². The molecule has 0 bridgehead atoms. The third kappa shape index (κ3) is 2.30. The predicted molar refractivity (Wildman–Crippen MR) is 80.7 cm³/mol. The van der Waals surface area contributed by atoms with Gasteiger partial charge in [0.15, 0.2) is 5.75 Å². The van der Waals surface area contributed by atoms with Crippen LogP contribution in [0.15, 0.2) is 48.5 Å². The predicted octanol–water partition coefficient (Wildman–Crippen LogP) is 4.02. The van der Waals surface area contributed by atoms with Crippen molar-refractivity contribution < 1.29 is 19.7 Å². The van der Waals surface area contributed by atoms with E-state index >= 15 is 0 Å². The summed E-state index contributed by atoms with van der Waals surface area (Å²) in [6.07, 6.45) is 0. The first-order chi connectivity index (χ1) is 10.2. The Hall–Kier alpha value is -2.59. The fourth-order valence-electron chi connectivity index (χ4n) is 2.47. The molecule has 0 unspecified atom stereocenters. The summed E-state index contributed by atoms with van der Waals surface area (Å²) < 4.78 is 0. The molecule has 0 radical (unpaired) electrons. The van der Waals surface area contributed by atoms with Crippen LogP contribution >= 0.6 is 0 Å². The number of hydrogen-bond donors (Lipinski definition) is 1. The van der Waals surface area contributed by atoms with E-state index in [2.05, 4.69) is 0 Å². The average Bonchev–Trinajstić information content (AvgIpc) is 2.51. The summed E-state index contributed by atoms with van der Waals surface area (Å²) >= 11 is 0. The molecule has 4 nitrogen and oxygen atoms in total. The Morgan fingerprint density at radius 1 is 1.00 bits per heavy atom. The summed E-state index contributed by atoms with van der Waals surface area (Å²) in [4.78, 5) is 21.8. The summed E-state index contributed by atoms with van der Waals surface area (Å²) in [6.45, 7) is 2.24. The standard InChI is InChI=1S/C17H14O4/c1-2-20-21-16-9-5-8-12-11-6-3-4-7-13(11)15(17(18)19)10-14(12)16/h3-10H,2H2,1H3,(H,18,19). The fraction of sp³-hybridized carbons (Fsp3) is 0.118. The molecular formula is C17H14O4. The van der Waals surface area contributed by atoms with Crippen molar-refractivity contribution in [2.75, 3.05) is 6.61 Å². The number of rotatable bonds is 4. The highest BCUT2D eigenvalue weighted by atomic mass is 17.2. The summed E-state index contributed by atoms with van der Waals surface area (Å²) in [5.41, 5.74) is 0.255. The van der Waals surface area contributed by atoms with Crippen LogP contribution in [0, 0.1) is 0 Å². The number of carboxylic acids is 1. The second-order valence-electron chi connectivity index (χ2n) is 4.62. The van der Waals surface area contributed by atoms with Crippen LogP contribution in [0.2, 0.25) is 0 Å². The molecular weight excluding hydrogens is 268 g/mol. The Labute approximate surface area is 121 Å². The average molecular weight is 282 g/mol. The molecule has 106 valence electrons. The summed E-state index contributed by atoms with van der Waals surface area (Å²) in [5.74, 6) is -0.443. The first kappa shape index (κ1) is 13.4. The molecule has 3 rings (SSSR count). The molecule has 3 aromatic carbocycles. The molecule has 21 heavy (non-hydrogen) atoms. The van der Waals surface area contributed by atoms with Crippen LogP contribution in [0.5, 0.6) is 5.75 Å². The van der Waals surface area contributed by atoms with Crippen LogP contribution in [0.3, 0.4) is 0 Å². The van der Waals surface area contributed by atoms with Gasteiger partial charge in [-0.3, -0.25) is 0 Å². The van der Waals surface area contributed by atoms with Crippen molar-refractivity contribution in [3.05, 3.63) is 54.1 Å². The van der Waals surface area contributed by atoms with Gasteiger partial charge in [-0.05, 0) is 35.2 Å². The van der Waals surface area contributed by atoms with Crippen LogP contribution in [-0.4, -0.2) is 17.7 Å². The highest BCUT2D eigenvalue weighted by Crippen LogP contribution is 2.34. The first-order valence-corrected chi connectivity index (χ1v) is 6.69. The van der Waals surface area contributed by atoms with Gasteiger partial charge in [0.25, 0.3) is 0 Å². The Morgan fingerprint density at radius 3 is 2.38 bits per heavy atom. The van der Waals surface area contributed by atoms with Gasteiger partial charge in [0, 0.05) is 5.39 Å². The van der Waals surface area contributed by atoms with E-state index in [9.17, 15) is 9.90 Å². The third-order valence-corrected chi connectivity index (χ3v) is 3.36. The lowest BCUT2D eigenvalue weighted by molar-refractivity contribution is -0.200. The number of hydrogen-bond acceptors (Lipinski definition) is 3. The second-order valence-corrected chi connectivity index (χ2v) is 4.62. The maximum Gasteiger partial charge on any atom is 0.336 e. The monoisotopic (exact) mass is 282 g/mol. The second kappa shape index (κ2) is 5.42. The molecule has 4 heteroatoms. The Balaban J connectivity index is 2.38. The van der Waals surface area contributed by atoms with Gasteiger partial charge in [0.2, 0.25) is 0 Å². The lowest BCUT2D eigenvalue weighted by atomic mass is 9.97. The van der Waals surface area contributed by atoms with Crippen molar-refractivity contribution in [1.29, 1.82) is 0 Å². The van der Waals surface area contributed by atoms with E-state index in [1.165, 1.54) is 0 Å². The van der Waals surface area contributed by atoms with Gasteiger partial charge in [-0.15, -0.1) is 0 Å². The van der Waals surface area contributed by atoms with E-state index < -0.39 is 5.97 Å². The van der Waals surface area contributed by atoms with Crippen molar-refractivity contribution in [3.63, 3.8) is 0 Å². The molecule has 0 aliphatic carbocycles. The zero-order valence-corrected chi connectivity index (χ0v) is 11.5. The first-order valence-electron chi connectivity index (χ1n) is 6.69. The van der Waals surface area contributed by atoms with Crippen molar-refractivity contribution in [1.82, 2.24) is 0 Å². The van der Waals surface area contributed by atoms with Crippen LogP contribution in [0.1, 0.15) is 17.3 Å². The van der Waals surface area contributed by atoms with Crippen molar-refractivity contribution in [2.45, 2.75) is 6.92 Å². The van der Waals surface area contributed by atoms with Gasteiger partial charge in [0.1, 0.15) is 0 Å². The molecule has 0 fully saturated rings. The van der Waals surface area contributed by atoms with Crippen LogP contribution in [0.25, 0.3) is 21.5 Å². The van der Waals surface area contributed by atoms with E-state index in [1.807, 2.05) is 43.3 Å². The Kier molecular flexibility index (Phi) is 3.46. The quantitative estimate of drug-likeness (QED) is 0.446. The molecule has 3 aromatic rings. The van der Waals surface area contributed by atoms with E-state index in [-0.39, 0.29) is 5.56 Å². The lowest BCUT2D eigenvalue weighted by Gasteiger charge is -2.11. The van der Waals surface area contributed by atoms with Crippen molar-refractivity contribution in [3.8, 4) is 5.75 Å². The molecule has 0 saturated heterocycles. The largest absolute Gasteiger partial charge is 0.478 e. The van der Waals surface area contributed by atoms with Gasteiger partial charge < -0.3 is 9.99 Å². The molecule has 0 heterocycles. The molecule has 0 spiro atoms. The van der Waals surface area contributed by atoms with Gasteiger partial charge in [-0.1, -0.05) is 36.4 Å². The topological polar surface area (TPSA) is 55.8 Å². The highest BCUT2D eigenvalue weighted by molar-refractivity contribution is 6.16.